The van der Waals surface area contributed by atoms with Crippen LogP contribution in [0.15, 0.2) is 18.2 Å². The van der Waals surface area contributed by atoms with Gasteiger partial charge in [-0.3, -0.25) is 4.79 Å². The zero-order chi connectivity index (χ0) is 17.1. The van der Waals surface area contributed by atoms with Crippen LogP contribution in [0, 0.1) is 0 Å². The van der Waals surface area contributed by atoms with Gasteiger partial charge in [0.05, 0.1) is 10.0 Å². The van der Waals surface area contributed by atoms with Crippen molar-refractivity contribution in [3.8, 4) is 0 Å². The van der Waals surface area contributed by atoms with Crippen LogP contribution in [0.2, 0.25) is 10.0 Å². The Morgan fingerprint density at radius 1 is 1.30 bits per heavy atom. The molecule has 2 rings (SSSR count). The van der Waals surface area contributed by atoms with Crippen molar-refractivity contribution < 1.29 is 18.0 Å². The van der Waals surface area contributed by atoms with Crippen LogP contribution in [0.4, 0.5) is 13.2 Å². The monoisotopic (exact) mass is 368 g/mol. The lowest BCUT2D eigenvalue weighted by Crippen LogP contribution is -2.47. The molecule has 3 nitrogen and oxygen atoms in total. The highest BCUT2D eigenvalue weighted by Gasteiger charge is 2.37. The third-order valence-corrected chi connectivity index (χ3v) is 4.73. The summed E-state index contributed by atoms with van der Waals surface area (Å²) in [4.78, 5) is 12.0. The Hall–Kier alpha value is -0.980. The highest BCUT2D eigenvalue weighted by molar-refractivity contribution is 6.42. The van der Waals surface area contributed by atoms with Crippen LogP contribution in [0.1, 0.15) is 24.8 Å². The molecule has 0 radical (unpaired) electrons. The summed E-state index contributed by atoms with van der Waals surface area (Å²) in [7, 11) is 0. The standard InChI is InChI=1S/C15H17Cl2F3N2O/c16-11-3-2-10(6-12(11)17)14(4-1-5-21-8-14)7-13(23)22-9-15(18,19)20/h2-3,6,21H,1,4-5,7-9H2,(H,22,23)/t14-/m1/s1. The van der Waals surface area contributed by atoms with E-state index in [9.17, 15) is 18.0 Å². The molecule has 0 unspecified atom stereocenters. The Morgan fingerprint density at radius 3 is 2.61 bits per heavy atom. The highest BCUT2D eigenvalue weighted by atomic mass is 35.5. The zero-order valence-corrected chi connectivity index (χ0v) is 13.8. The van der Waals surface area contributed by atoms with Gasteiger partial charge in [-0.1, -0.05) is 29.3 Å². The maximum Gasteiger partial charge on any atom is 0.405 e. The van der Waals surface area contributed by atoms with Crippen molar-refractivity contribution in [3.63, 3.8) is 0 Å². The Labute approximate surface area is 142 Å². The van der Waals surface area contributed by atoms with Crippen molar-refractivity contribution in [2.75, 3.05) is 19.6 Å². The number of carbonyl (C=O) groups excluding carboxylic acids is 1. The molecule has 1 atom stereocenters. The number of rotatable bonds is 4. The molecule has 1 aromatic rings. The minimum absolute atomic E-state index is 0.0337. The summed E-state index contributed by atoms with van der Waals surface area (Å²) < 4.78 is 36.8. The first-order chi connectivity index (χ1) is 10.7. The number of halogens is 5. The largest absolute Gasteiger partial charge is 0.405 e. The first-order valence-corrected chi connectivity index (χ1v) is 7.97. The van der Waals surface area contributed by atoms with Gasteiger partial charge in [0.25, 0.3) is 0 Å². The van der Waals surface area contributed by atoms with Gasteiger partial charge in [-0.2, -0.15) is 13.2 Å². The minimum Gasteiger partial charge on any atom is -0.347 e. The van der Waals surface area contributed by atoms with Gasteiger partial charge in [-0.05, 0) is 37.1 Å². The van der Waals surface area contributed by atoms with E-state index in [1.807, 2.05) is 5.32 Å². The lowest BCUT2D eigenvalue weighted by molar-refractivity contribution is -0.139. The number of benzene rings is 1. The predicted molar refractivity (Wildman–Crippen MR) is 83.9 cm³/mol. The van der Waals surface area contributed by atoms with E-state index in [4.69, 9.17) is 23.2 Å². The van der Waals surface area contributed by atoms with Gasteiger partial charge < -0.3 is 10.6 Å². The Balaban J connectivity index is 2.18. The summed E-state index contributed by atoms with van der Waals surface area (Å²) in [5.41, 5.74) is 0.226. The van der Waals surface area contributed by atoms with Gasteiger partial charge >= 0.3 is 6.18 Å². The van der Waals surface area contributed by atoms with Crippen molar-refractivity contribution in [2.45, 2.75) is 30.9 Å². The van der Waals surface area contributed by atoms with Crippen LogP contribution in [-0.2, 0) is 10.2 Å². The van der Waals surface area contributed by atoms with Gasteiger partial charge in [-0.25, -0.2) is 0 Å². The SMILES string of the molecule is O=C(C[C@]1(c2ccc(Cl)c(Cl)c2)CCCNC1)NCC(F)(F)F. The third-order valence-electron chi connectivity index (χ3n) is 3.99. The van der Waals surface area contributed by atoms with Gasteiger partial charge in [0.2, 0.25) is 5.91 Å². The number of alkyl halides is 3. The van der Waals surface area contributed by atoms with Crippen LogP contribution in [0.25, 0.3) is 0 Å². The molecular formula is C15H17Cl2F3N2O. The molecule has 0 aliphatic carbocycles. The molecule has 2 N–H and O–H groups in total. The molecule has 0 bridgehead atoms. The van der Waals surface area contributed by atoms with Crippen LogP contribution >= 0.6 is 23.2 Å². The van der Waals surface area contributed by atoms with E-state index >= 15 is 0 Å². The second-order valence-electron chi connectivity index (χ2n) is 5.76. The number of amides is 1. The number of hydrogen-bond donors (Lipinski definition) is 2. The topological polar surface area (TPSA) is 41.1 Å². The highest BCUT2D eigenvalue weighted by Crippen LogP contribution is 2.37. The molecule has 0 saturated carbocycles. The van der Waals surface area contributed by atoms with E-state index in [1.165, 1.54) is 0 Å². The van der Waals surface area contributed by atoms with E-state index in [1.54, 1.807) is 18.2 Å². The van der Waals surface area contributed by atoms with E-state index < -0.39 is 24.0 Å². The first kappa shape index (κ1) is 18.4. The summed E-state index contributed by atoms with van der Waals surface area (Å²) in [6.07, 6.45) is -2.94. The van der Waals surface area contributed by atoms with E-state index in [0.29, 0.717) is 23.0 Å². The quantitative estimate of drug-likeness (QED) is 0.850. The Morgan fingerprint density at radius 2 is 2.04 bits per heavy atom. The molecule has 1 aromatic carbocycles. The smallest absolute Gasteiger partial charge is 0.347 e. The molecule has 128 valence electrons. The first-order valence-electron chi connectivity index (χ1n) is 7.22. The molecule has 8 heteroatoms. The second-order valence-corrected chi connectivity index (χ2v) is 6.57. The van der Waals surface area contributed by atoms with Crippen molar-refractivity contribution in [1.29, 1.82) is 0 Å². The van der Waals surface area contributed by atoms with Gasteiger partial charge in [-0.15, -0.1) is 0 Å². The van der Waals surface area contributed by atoms with E-state index in [-0.39, 0.29) is 6.42 Å². The minimum atomic E-state index is -4.42. The number of carbonyl (C=O) groups is 1. The fourth-order valence-electron chi connectivity index (χ4n) is 2.86. The lowest BCUT2D eigenvalue weighted by atomic mass is 9.72. The zero-order valence-electron chi connectivity index (χ0n) is 12.3. The maximum absolute atomic E-state index is 12.3. The molecule has 1 saturated heterocycles. The molecule has 0 spiro atoms. The molecule has 0 aromatic heterocycles. The summed E-state index contributed by atoms with van der Waals surface area (Å²) >= 11 is 12.0. The molecular weight excluding hydrogens is 352 g/mol. The van der Waals surface area contributed by atoms with Crippen molar-refractivity contribution >= 4 is 29.1 Å². The molecule has 1 aliphatic rings. The maximum atomic E-state index is 12.3. The van der Waals surface area contributed by atoms with E-state index in [2.05, 4.69) is 5.32 Å². The summed E-state index contributed by atoms with van der Waals surface area (Å²) in [5.74, 6) is -0.628. The van der Waals surface area contributed by atoms with Crippen molar-refractivity contribution in [2.24, 2.45) is 0 Å². The molecule has 23 heavy (non-hydrogen) atoms. The van der Waals surface area contributed by atoms with Crippen molar-refractivity contribution in [3.05, 3.63) is 33.8 Å². The molecule has 1 fully saturated rings. The molecule has 1 amide bonds. The number of piperidine rings is 1. The average Bonchev–Trinajstić information content (AvgIpc) is 2.48. The van der Waals surface area contributed by atoms with Crippen LogP contribution in [-0.4, -0.2) is 31.7 Å². The lowest BCUT2D eigenvalue weighted by Gasteiger charge is -2.38. The normalized spacial score (nSPS) is 22.0. The van der Waals surface area contributed by atoms with Crippen molar-refractivity contribution in [1.82, 2.24) is 10.6 Å². The summed E-state index contributed by atoms with van der Waals surface area (Å²) in [6.45, 7) is -0.00560. The number of nitrogens with one attached hydrogen (secondary N) is 2. The fraction of sp³-hybridized carbons (Fsp3) is 0.533. The van der Waals surface area contributed by atoms with Gasteiger partial charge in [0.1, 0.15) is 6.54 Å². The van der Waals surface area contributed by atoms with Gasteiger partial charge in [0, 0.05) is 18.4 Å². The van der Waals surface area contributed by atoms with Crippen LogP contribution in [0.3, 0.4) is 0 Å². The number of hydrogen-bond acceptors (Lipinski definition) is 2. The Bertz CT molecular complexity index is 572. The van der Waals surface area contributed by atoms with E-state index in [0.717, 1.165) is 18.5 Å². The van der Waals surface area contributed by atoms with Gasteiger partial charge in [0.15, 0.2) is 0 Å². The molecule has 1 heterocycles. The average molecular weight is 369 g/mol. The third kappa shape index (κ3) is 4.99. The second kappa shape index (κ2) is 7.28. The Kier molecular flexibility index (Phi) is 5.81. The van der Waals surface area contributed by atoms with Crippen LogP contribution in [0.5, 0.6) is 0 Å². The predicted octanol–water partition coefficient (Wildman–Crippen LogP) is 3.68. The van der Waals surface area contributed by atoms with Crippen LogP contribution < -0.4 is 10.6 Å². The summed E-state index contributed by atoms with van der Waals surface area (Å²) in [5, 5.41) is 5.91. The molecule has 1 aliphatic heterocycles. The fourth-order valence-corrected chi connectivity index (χ4v) is 3.16. The summed E-state index contributed by atoms with van der Waals surface area (Å²) in [6, 6.07) is 5.11.